The van der Waals surface area contributed by atoms with Crippen LogP contribution in [0.1, 0.15) is 24.4 Å². The molecule has 4 aromatic rings. The monoisotopic (exact) mass is 346 g/mol. The fraction of sp³-hybridized carbons (Fsp3) is 0.350. The smallest absolute Gasteiger partial charge is 0.157 e. The van der Waals surface area contributed by atoms with E-state index in [-0.39, 0.29) is 0 Å². The summed E-state index contributed by atoms with van der Waals surface area (Å²) in [6, 6.07) is 12.4. The van der Waals surface area contributed by atoms with Gasteiger partial charge in [0.15, 0.2) is 5.65 Å². The highest BCUT2D eigenvalue weighted by molar-refractivity contribution is 5.74. The van der Waals surface area contributed by atoms with Gasteiger partial charge >= 0.3 is 0 Å². The Bertz CT molecular complexity index is 1030. The van der Waals surface area contributed by atoms with Crippen LogP contribution in [-0.4, -0.2) is 37.7 Å². The minimum absolute atomic E-state index is 0.586. The Morgan fingerprint density at radius 2 is 2.12 bits per heavy atom. The van der Waals surface area contributed by atoms with Crippen LogP contribution in [0.3, 0.4) is 0 Å². The summed E-state index contributed by atoms with van der Waals surface area (Å²) in [5.41, 5.74) is 4.13. The second-order valence-electron chi connectivity index (χ2n) is 7.22. The molecule has 26 heavy (non-hydrogen) atoms. The van der Waals surface area contributed by atoms with E-state index in [4.69, 9.17) is 4.98 Å². The van der Waals surface area contributed by atoms with Gasteiger partial charge in [0, 0.05) is 37.3 Å². The van der Waals surface area contributed by atoms with E-state index in [1.54, 1.807) is 0 Å². The van der Waals surface area contributed by atoms with Crippen LogP contribution in [0, 0.1) is 12.8 Å². The van der Waals surface area contributed by atoms with E-state index in [1.165, 1.54) is 12.8 Å². The van der Waals surface area contributed by atoms with Gasteiger partial charge in [0.25, 0.3) is 0 Å². The van der Waals surface area contributed by atoms with E-state index < -0.39 is 0 Å². The van der Waals surface area contributed by atoms with Gasteiger partial charge in [0.1, 0.15) is 11.6 Å². The van der Waals surface area contributed by atoms with Crippen molar-refractivity contribution in [3.8, 4) is 0 Å². The van der Waals surface area contributed by atoms with E-state index in [2.05, 4.69) is 38.2 Å². The van der Waals surface area contributed by atoms with Crippen molar-refractivity contribution in [3.63, 3.8) is 0 Å². The summed E-state index contributed by atoms with van der Waals surface area (Å²) in [5.74, 6) is 2.82. The summed E-state index contributed by atoms with van der Waals surface area (Å²) in [4.78, 5) is 15.2. The molecule has 1 unspecified atom stereocenters. The lowest BCUT2D eigenvalue weighted by Gasteiger charge is -2.34. The number of aromatic amines is 1. The van der Waals surface area contributed by atoms with Crippen LogP contribution in [0.15, 0.2) is 42.6 Å². The molecule has 0 saturated carbocycles. The Morgan fingerprint density at radius 1 is 1.19 bits per heavy atom. The summed E-state index contributed by atoms with van der Waals surface area (Å²) >= 11 is 0. The molecule has 0 radical (unpaired) electrons. The molecule has 0 spiro atoms. The molecule has 1 aliphatic rings. The Balaban J connectivity index is 1.39. The Labute approximate surface area is 151 Å². The van der Waals surface area contributed by atoms with Crippen molar-refractivity contribution in [2.24, 2.45) is 5.92 Å². The summed E-state index contributed by atoms with van der Waals surface area (Å²) in [7, 11) is 0. The first-order valence-corrected chi connectivity index (χ1v) is 9.26. The normalized spacial score (nSPS) is 18.0. The first-order chi connectivity index (χ1) is 12.8. The highest BCUT2D eigenvalue weighted by atomic mass is 15.3. The first-order valence-electron chi connectivity index (χ1n) is 9.26. The standard InChI is InChI=1S/C20H22N6/c1-14-11-20(26-19(22-14)8-9-21-26)25-10-4-5-15(13-25)12-18-23-16-6-2-3-7-17(16)24-18/h2-3,6-9,11,15H,4-5,10,12-13H2,1H3,(H,23,24). The van der Waals surface area contributed by atoms with Gasteiger partial charge in [-0.2, -0.15) is 9.61 Å². The van der Waals surface area contributed by atoms with Crippen molar-refractivity contribution in [2.75, 3.05) is 18.0 Å². The van der Waals surface area contributed by atoms with Crippen LogP contribution in [0.2, 0.25) is 0 Å². The molecule has 5 rings (SSSR count). The van der Waals surface area contributed by atoms with Crippen LogP contribution in [0.25, 0.3) is 16.7 Å². The number of fused-ring (bicyclic) bond motifs is 2. The fourth-order valence-electron chi connectivity index (χ4n) is 4.06. The number of para-hydroxylation sites is 2. The predicted molar refractivity (Wildman–Crippen MR) is 102 cm³/mol. The number of nitrogens with zero attached hydrogens (tertiary/aromatic N) is 5. The number of imidazole rings is 1. The number of benzene rings is 1. The van der Waals surface area contributed by atoms with E-state index in [0.29, 0.717) is 5.92 Å². The fourth-order valence-corrected chi connectivity index (χ4v) is 4.06. The van der Waals surface area contributed by atoms with Crippen molar-refractivity contribution < 1.29 is 0 Å². The van der Waals surface area contributed by atoms with E-state index in [9.17, 15) is 0 Å². The molecule has 6 heteroatoms. The lowest BCUT2D eigenvalue weighted by Crippen LogP contribution is -2.37. The quantitative estimate of drug-likeness (QED) is 0.618. The van der Waals surface area contributed by atoms with Crippen molar-refractivity contribution in [3.05, 3.63) is 54.1 Å². The van der Waals surface area contributed by atoms with Crippen LogP contribution in [0.5, 0.6) is 0 Å². The Morgan fingerprint density at radius 3 is 3.04 bits per heavy atom. The zero-order chi connectivity index (χ0) is 17.5. The highest BCUT2D eigenvalue weighted by Crippen LogP contribution is 2.26. The molecule has 0 amide bonds. The number of anilines is 1. The number of rotatable bonds is 3. The number of aromatic nitrogens is 5. The van der Waals surface area contributed by atoms with Crippen LogP contribution in [0.4, 0.5) is 5.82 Å². The van der Waals surface area contributed by atoms with Crippen molar-refractivity contribution in [1.29, 1.82) is 0 Å². The largest absolute Gasteiger partial charge is 0.356 e. The number of hydrogen-bond acceptors (Lipinski definition) is 4. The van der Waals surface area contributed by atoms with Gasteiger partial charge in [0.05, 0.1) is 17.2 Å². The van der Waals surface area contributed by atoms with Gasteiger partial charge < -0.3 is 9.88 Å². The SMILES string of the molecule is Cc1cc(N2CCCC(Cc3nc4ccccc4[nH]3)C2)n2nccc2n1. The van der Waals surface area contributed by atoms with Crippen LogP contribution < -0.4 is 4.90 Å². The molecule has 1 aromatic carbocycles. The third-order valence-electron chi connectivity index (χ3n) is 5.23. The second kappa shape index (κ2) is 6.12. The second-order valence-corrected chi connectivity index (χ2v) is 7.22. The summed E-state index contributed by atoms with van der Waals surface area (Å²) in [5, 5.41) is 4.47. The number of nitrogens with one attached hydrogen (secondary N) is 1. The summed E-state index contributed by atoms with van der Waals surface area (Å²) in [6.07, 6.45) is 5.23. The molecule has 132 valence electrons. The molecule has 1 saturated heterocycles. The van der Waals surface area contributed by atoms with Crippen molar-refractivity contribution in [2.45, 2.75) is 26.2 Å². The number of hydrogen-bond donors (Lipinski definition) is 1. The first kappa shape index (κ1) is 15.4. The van der Waals surface area contributed by atoms with Gasteiger partial charge in [-0.25, -0.2) is 9.97 Å². The summed E-state index contributed by atoms with van der Waals surface area (Å²) < 4.78 is 1.95. The predicted octanol–water partition coefficient (Wildman–Crippen LogP) is 3.37. The van der Waals surface area contributed by atoms with E-state index in [1.807, 2.05) is 35.8 Å². The molecule has 6 nitrogen and oxygen atoms in total. The zero-order valence-corrected chi connectivity index (χ0v) is 14.9. The highest BCUT2D eigenvalue weighted by Gasteiger charge is 2.23. The third-order valence-corrected chi connectivity index (χ3v) is 5.23. The average Bonchev–Trinajstić information content (AvgIpc) is 3.27. The lowest BCUT2D eigenvalue weighted by molar-refractivity contribution is 0.404. The Kier molecular flexibility index (Phi) is 3.62. The van der Waals surface area contributed by atoms with Crippen molar-refractivity contribution >= 4 is 22.5 Å². The van der Waals surface area contributed by atoms with Crippen LogP contribution in [-0.2, 0) is 6.42 Å². The number of H-pyrrole nitrogens is 1. The van der Waals surface area contributed by atoms with Gasteiger partial charge in [-0.3, -0.25) is 0 Å². The molecular weight excluding hydrogens is 324 g/mol. The van der Waals surface area contributed by atoms with Crippen molar-refractivity contribution in [1.82, 2.24) is 24.6 Å². The molecule has 3 aromatic heterocycles. The average molecular weight is 346 g/mol. The Hall–Kier alpha value is -2.89. The van der Waals surface area contributed by atoms with Gasteiger partial charge in [-0.15, -0.1) is 0 Å². The maximum absolute atomic E-state index is 4.76. The molecule has 1 N–H and O–H groups in total. The maximum atomic E-state index is 4.76. The zero-order valence-electron chi connectivity index (χ0n) is 14.9. The molecule has 1 aliphatic heterocycles. The molecule has 4 heterocycles. The van der Waals surface area contributed by atoms with Gasteiger partial charge in [-0.1, -0.05) is 12.1 Å². The number of aryl methyl sites for hydroxylation is 1. The molecular formula is C20H22N6. The number of piperidine rings is 1. The molecule has 0 bridgehead atoms. The van der Waals surface area contributed by atoms with Crippen LogP contribution >= 0.6 is 0 Å². The third kappa shape index (κ3) is 2.71. The van der Waals surface area contributed by atoms with E-state index in [0.717, 1.165) is 53.5 Å². The molecule has 1 fully saturated rings. The molecule has 0 aliphatic carbocycles. The van der Waals surface area contributed by atoms with Gasteiger partial charge in [-0.05, 0) is 37.8 Å². The topological polar surface area (TPSA) is 62.1 Å². The maximum Gasteiger partial charge on any atom is 0.157 e. The lowest BCUT2D eigenvalue weighted by atomic mass is 9.94. The van der Waals surface area contributed by atoms with Gasteiger partial charge in [0.2, 0.25) is 0 Å². The van der Waals surface area contributed by atoms with E-state index >= 15 is 0 Å². The summed E-state index contributed by atoms with van der Waals surface area (Å²) in [6.45, 7) is 4.14. The minimum atomic E-state index is 0.586. The molecule has 1 atom stereocenters. The minimum Gasteiger partial charge on any atom is -0.356 e.